The molecular weight excluding hydrogens is 174 g/mol. The van der Waals surface area contributed by atoms with E-state index in [2.05, 4.69) is 9.05 Å². The first kappa shape index (κ1) is 10.1. The Hall–Kier alpha value is 0.120. The lowest BCUT2D eigenvalue weighted by molar-refractivity contribution is 0.147. The van der Waals surface area contributed by atoms with Crippen LogP contribution >= 0.6 is 17.4 Å². The van der Waals surface area contributed by atoms with E-state index in [0.29, 0.717) is 6.42 Å². The predicted octanol–water partition coefficient (Wildman–Crippen LogP) is 2.21. The third-order valence-corrected chi connectivity index (χ3v) is 1.60. The molecule has 0 rings (SSSR count). The van der Waals surface area contributed by atoms with Crippen LogP contribution in [0.1, 0.15) is 13.3 Å². The summed E-state index contributed by atoms with van der Waals surface area (Å²) in [6, 6.07) is 0. The summed E-state index contributed by atoms with van der Waals surface area (Å²) in [5.41, 5.74) is 0. The van der Waals surface area contributed by atoms with Crippen LogP contribution < -0.4 is 0 Å². The molecule has 0 spiro atoms. The minimum Gasteiger partial charge on any atom is -0.292 e. The first-order valence-corrected chi connectivity index (χ1v) is 4.24. The Labute approximate surface area is 62.5 Å². The largest absolute Gasteiger partial charge is 0.327 e. The summed E-state index contributed by atoms with van der Waals surface area (Å²) in [6.07, 6.45) is 0.450. The van der Waals surface area contributed by atoms with Gasteiger partial charge in [0.25, 0.3) is 0 Å². The SMILES string of the molecule is CCC(COP=O)OP=O. The molecule has 0 saturated heterocycles. The Balaban J connectivity index is 3.38. The third-order valence-electron chi connectivity index (χ3n) is 0.961. The van der Waals surface area contributed by atoms with Crippen molar-refractivity contribution in [1.29, 1.82) is 0 Å². The average molecular weight is 182 g/mol. The molecule has 0 N–H and O–H groups in total. The molecule has 0 saturated carbocycles. The van der Waals surface area contributed by atoms with Gasteiger partial charge in [-0.2, -0.15) is 0 Å². The normalized spacial score (nSPS) is 14.1. The molecule has 0 aliphatic rings. The molecule has 0 radical (unpaired) electrons. The number of rotatable bonds is 6. The van der Waals surface area contributed by atoms with E-state index in [1.165, 1.54) is 0 Å². The predicted molar refractivity (Wildman–Crippen MR) is 36.3 cm³/mol. The first-order valence-electron chi connectivity index (χ1n) is 2.78. The number of hydrogen-bond acceptors (Lipinski definition) is 4. The molecule has 1 atom stereocenters. The molecule has 10 heavy (non-hydrogen) atoms. The van der Waals surface area contributed by atoms with Crippen molar-refractivity contribution in [3.8, 4) is 0 Å². The van der Waals surface area contributed by atoms with Gasteiger partial charge >= 0.3 is 17.4 Å². The van der Waals surface area contributed by atoms with Crippen LogP contribution in [-0.4, -0.2) is 12.7 Å². The van der Waals surface area contributed by atoms with Crippen molar-refractivity contribution < 1.29 is 18.2 Å². The second-order valence-electron chi connectivity index (χ2n) is 1.58. The summed E-state index contributed by atoms with van der Waals surface area (Å²) in [6.45, 7) is 2.07. The Morgan fingerprint density at radius 2 is 2.10 bits per heavy atom. The molecule has 0 aromatic rings. The zero-order valence-corrected chi connectivity index (χ0v) is 7.31. The summed E-state index contributed by atoms with van der Waals surface area (Å²) in [5, 5.41) is 0. The van der Waals surface area contributed by atoms with Gasteiger partial charge in [-0.1, -0.05) is 6.92 Å². The van der Waals surface area contributed by atoms with Gasteiger partial charge in [-0.3, -0.25) is 9.05 Å². The molecule has 0 aromatic heterocycles. The summed E-state index contributed by atoms with van der Waals surface area (Å²) < 4.78 is 28.8. The Morgan fingerprint density at radius 3 is 2.50 bits per heavy atom. The Kier molecular flexibility index (Phi) is 7.32. The fraction of sp³-hybridized carbons (Fsp3) is 1.00. The summed E-state index contributed by atoms with van der Waals surface area (Å²) in [7, 11) is -0.735. The minimum atomic E-state index is -0.371. The molecule has 4 nitrogen and oxygen atoms in total. The third kappa shape index (κ3) is 4.95. The quantitative estimate of drug-likeness (QED) is 0.591. The second-order valence-corrected chi connectivity index (χ2v) is 2.35. The molecule has 0 heterocycles. The van der Waals surface area contributed by atoms with Gasteiger partial charge in [0.2, 0.25) is 0 Å². The lowest BCUT2D eigenvalue weighted by atomic mass is 10.3. The smallest absolute Gasteiger partial charge is 0.292 e. The van der Waals surface area contributed by atoms with E-state index in [-0.39, 0.29) is 30.1 Å². The van der Waals surface area contributed by atoms with E-state index in [9.17, 15) is 9.13 Å². The highest BCUT2D eigenvalue weighted by molar-refractivity contribution is 7.17. The molecule has 58 valence electrons. The van der Waals surface area contributed by atoms with Gasteiger partial charge in [-0.25, -0.2) is 9.13 Å². The molecule has 1 unspecified atom stereocenters. The van der Waals surface area contributed by atoms with E-state index in [1.54, 1.807) is 0 Å². The van der Waals surface area contributed by atoms with Gasteiger partial charge in [-0.15, -0.1) is 0 Å². The zero-order valence-electron chi connectivity index (χ0n) is 5.52. The van der Waals surface area contributed by atoms with Crippen LogP contribution in [0.5, 0.6) is 0 Å². The van der Waals surface area contributed by atoms with Gasteiger partial charge < -0.3 is 0 Å². The highest BCUT2D eigenvalue weighted by Crippen LogP contribution is 2.09. The zero-order chi connectivity index (χ0) is 7.82. The van der Waals surface area contributed by atoms with E-state index < -0.39 is 0 Å². The highest BCUT2D eigenvalue weighted by atomic mass is 31.1. The van der Waals surface area contributed by atoms with Gasteiger partial charge in [0.15, 0.2) is 0 Å². The van der Waals surface area contributed by atoms with Crippen molar-refractivity contribution in [3.05, 3.63) is 0 Å². The van der Waals surface area contributed by atoms with E-state index >= 15 is 0 Å². The fourth-order valence-corrected chi connectivity index (χ4v) is 0.956. The lowest BCUT2D eigenvalue weighted by Crippen LogP contribution is -2.11. The van der Waals surface area contributed by atoms with Gasteiger partial charge in [0.05, 0.1) is 12.7 Å². The Morgan fingerprint density at radius 1 is 1.40 bits per heavy atom. The maximum Gasteiger partial charge on any atom is 0.327 e. The van der Waals surface area contributed by atoms with Crippen LogP contribution in [-0.2, 0) is 18.2 Å². The van der Waals surface area contributed by atoms with Crippen LogP contribution in [0.4, 0.5) is 0 Å². The van der Waals surface area contributed by atoms with Crippen molar-refractivity contribution >= 4 is 17.4 Å². The average Bonchev–Trinajstić information content (AvgIpc) is 1.98. The second kappa shape index (κ2) is 7.23. The van der Waals surface area contributed by atoms with Crippen LogP contribution in [0.2, 0.25) is 0 Å². The molecule has 6 heteroatoms. The van der Waals surface area contributed by atoms with Gasteiger partial charge in [0, 0.05) is 0 Å². The molecule has 0 amide bonds. The fourth-order valence-electron chi connectivity index (χ4n) is 0.397. The van der Waals surface area contributed by atoms with Crippen LogP contribution in [0, 0.1) is 0 Å². The summed E-state index contributed by atoms with van der Waals surface area (Å²) in [4.78, 5) is 0. The molecular formula is C4H8O4P2. The van der Waals surface area contributed by atoms with Crippen LogP contribution in [0.15, 0.2) is 0 Å². The van der Waals surface area contributed by atoms with Crippen LogP contribution in [0.25, 0.3) is 0 Å². The number of hydrogen-bond donors (Lipinski definition) is 0. The Bertz CT molecular complexity index is 107. The van der Waals surface area contributed by atoms with E-state index in [4.69, 9.17) is 0 Å². The summed E-state index contributed by atoms with van der Waals surface area (Å²) >= 11 is 0. The van der Waals surface area contributed by atoms with Crippen molar-refractivity contribution in [1.82, 2.24) is 0 Å². The first-order chi connectivity index (χ1) is 4.85. The van der Waals surface area contributed by atoms with Crippen molar-refractivity contribution in [2.45, 2.75) is 19.4 Å². The van der Waals surface area contributed by atoms with Gasteiger partial charge in [0.1, 0.15) is 0 Å². The molecule has 0 aliphatic carbocycles. The monoisotopic (exact) mass is 182 g/mol. The molecule has 0 aliphatic heterocycles. The summed E-state index contributed by atoms with van der Waals surface area (Å²) in [5.74, 6) is 0. The van der Waals surface area contributed by atoms with Gasteiger partial charge in [-0.05, 0) is 6.42 Å². The van der Waals surface area contributed by atoms with Crippen molar-refractivity contribution in [2.75, 3.05) is 6.61 Å². The lowest BCUT2D eigenvalue weighted by Gasteiger charge is -2.06. The van der Waals surface area contributed by atoms with E-state index in [0.717, 1.165) is 0 Å². The molecule has 0 fully saturated rings. The standard InChI is InChI=1S/C4H8O4P2/c1-2-4(8-10-6)3-7-9-5/h4H,2-3H2,1H3. The maximum absolute atomic E-state index is 9.88. The molecule has 0 aromatic carbocycles. The van der Waals surface area contributed by atoms with Crippen molar-refractivity contribution in [3.63, 3.8) is 0 Å². The molecule has 0 bridgehead atoms. The van der Waals surface area contributed by atoms with Crippen molar-refractivity contribution in [2.24, 2.45) is 0 Å². The highest BCUT2D eigenvalue weighted by Gasteiger charge is 2.05. The van der Waals surface area contributed by atoms with Crippen LogP contribution in [0.3, 0.4) is 0 Å². The topological polar surface area (TPSA) is 52.6 Å². The minimum absolute atomic E-state index is 0.205. The van der Waals surface area contributed by atoms with E-state index in [1.807, 2.05) is 6.92 Å². The maximum atomic E-state index is 9.88.